The molecule has 0 N–H and O–H groups in total. The summed E-state index contributed by atoms with van der Waals surface area (Å²) in [5.41, 5.74) is 2.17. The maximum absolute atomic E-state index is 8.90. The Morgan fingerprint density at radius 2 is 1.19 bits per heavy atom. The lowest BCUT2D eigenvalue weighted by molar-refractivity contribution is 0.698. The Balaban J connectivity index is 2.31. The number of unbranched alkanes of at least 4 members (excludes halogenated alkanes) is 3. The number of hydrogen-bond acceptors (Lipinski definition) is 2. The summed E-state index contributed by atoms with van der Waals surface area (Å²) in [6, 6.07) is 23.1. The van der Waals surface area contributed by atoms with Gasteiger partial charge in [0.05, 0.1) is 25.0 Å². The quantitative estimate of drug-likeness (QED) is 0.485. The lowest BCUT2D eigenvalue weighted by Crippen LogP contribution is -2.55. The summed E-state index contributed by atoms with van der Waals surface area (Å²) < 4.78 is 0. The second-order valence-electron chi connectivity index (χ2n) is 7.21. The first-order valence-electron chi connectivity index (χ1n) is 9.56. The second kappa shape index (κ2) is 9.95. The average Bonchev–Trinajstić information content (AvgIpc) is 2.67. The van der Waals surface area contributed by atoms with Crippen molar-refractivity contribution in [1.82, 2.24) is 0 Å². The van der Waals surface area contributed by atoms with Crippen LogP contribution in [0, 0.1) is 22.7 Å². The van der Waals surface area contributed by atoms with Crippen LogP contribution in [-0.4, -0.2) is 8.07 Å². The highest BCUT2D eigenvalue weighted by molar-refractivity contribution is 7.01. The fraction of sp³-hybridized carbons (Fsp3) is 0.391. The Morgan fingerprint density at radius 1 is 0.731 bits per heavy atom. The zero-order valence-corrected chi connectivity index (χ0v) is 17.0. The molecule has 0 fully saturated rings. The fourth-order valence-electron chi connectivity index (χ4n) is 3.52. The molecule has 0 aromatic heterocycles. The first-order chi connectivity index (χ1) is 12.6. The molecular weight excluding hydrogens is 332 g/mol. The van der Waals surface area contributed by atoms with Crippen LogP contribution in [0.5, 0.6) is 0 Å². The topological polar surface area (TPSA) is 47.6 Å². The molecule has 3 heteroatoms. The van der Waals surface area contributed by atoms with Gasteiger partial charge >= 0.3 is 0 Å². The van der Waals surface area contributed by atoms with E-state index in [9.17, 15) is 0 Å². The Labute approximate surface area is 159 Å². The van der Waals surface area contributed by atoms with Crippen LogP contribution < -0.4 is 10.4 Å². The average molecular weight is 361 g/mol. The van der Waals surface area contributed by atoms with E-state index in [0.717, 1.165) is 11.1 Å². The predicted octanol–water partition coefficient (Wildman–Crippen LogP) is 4.59. The van der Waals surface area contributed by atoms with Crippen molar-refractivity contribution < 1.29 is 0 Å². The summed E-state index contributed by atoms with van der Waals surface area (Å²) >= 11 is 0. The first-order valence-corrected chi connectivity index (χ1v) is 12.3. The molecule has 0 aliphatic rings. The van der Waals surface area contributed by atoms with E-state index in [2.05, 4.69) is 74.1 Å². The van der Waals surface area contributed by atoms with Crippen molar-refractivity contribution in [1.29, 1.82) is 10.5 Å². The van der Waals surface area contributed by atoms with Crippen LogP contribution >= 0.6 is 0 Å². The van der Waals surface area contributed by atoms with Crippen molar-refractivity contribution in [3.8, 4) is 12.1 Å². The first kappa shape index (κ1) is 20.0. The van der Waals surface area contributed by atoms with Crippen molar-refractivity contribution in [2.75, 3.05) is 0 Å². The van der Waals surface area contributed by atoms with E-state index in [1.807, 2.05) is 0 Å². The van der Waals surface area contributed by atoms with Crippen molar-refractivity contribution >= 4 is 18.4 Å². The van der Waals surface area contributed by atoms with E-state index in [1.165, 1.54) is 42.1 Å². The molecule has 2 aromatic rings. The summed E-state index contributed by atoms with van der Waals surface area (Å²) in [4.78, 5) is 0. The van der Waals surface area contributed by atoms with Gasteiger partial charge in [0, 0.05) is 0 Å². The van der Waals surface area contributed by atoms with Gasteiger partial charge in [0.25, 0.3) is 0 Å². The molecule has 0 aliphatic carbocycles. The summed E-state index contributed by atoms with van der Waals surface area (Å²) in [6.45, 7) is 4.70. The molecule has 0 saturated carbocycles. The highest BCUT2D eigenvalue weighted by Gasteiger charge is 2.31. The molecule has 0 bridgehead atoms. The van der Waals surface area contributed by atoms with Crippen molar-refractivity contribution in [2.45, 2.75) is 58.0 Å². The molecule has 0 atom stereocenters. The number of nitrogens with zero attached hydrogens (tertiary/aromatic N) is 2. The Kier molecular flexibility index (Phi) is 7.64. The maximum atomic E-state index is 8.90. The van der Waals surface area contributed by atoms with Gasteiger partial charge < -0.3 is 0 Å². The largest absolute Gasteiger partial charge is 0.198 e. The Morgan fingerprint density at radius 3 is 1.58 bits per heavy atom. The molecule has 2 rings (SSSR count). The van der Waals surface area contributed by atoms with Gasteiger partial charge in [-0.15, -0.1) is 0 Å². The van der Waals surface area contributed by atoms with Crippen molar-refractivity contribution in [2.24, 2.45) is 0 Å². The van der Waals surface area contributed by atoms with Crippen LogP contribution in [0.2, 0.25) is 12.6 Å². The second-order valence-corrected chi connectivity index (χ2v) is 11.5. The monoisotopic (exact) mass is 360 g/mol. The molecule has 0 saturated heterocycles. The molecule has 2 aromatic carbocycles. The van der Waals surface area contributed by atoms with Gasteiger partial charge in [-0.1, -0.05) is 98.1 Å². The molecule has 0 radical (unpaired) electrons. The molecule has 0 amide bonds. The smallest absolute Gasteiger partial charge is 0.115 e. The van der Waals surface area contributed by atoms with Gasteiger partial charge in [-0.05, 0) is 17.2 Å². The Bertz CT molecular complexity index is 704. The molecular formula is C23H28N2Si. The highest BCUT2D eigenvalue weighted by atomic mass is 28.3. The standard InChI is InChI=1S/C23H28N2Si/c1-3-4-5-6-19-26(2,22-11-7-20(8-12-22)15-17-24)23-13-9-21(10-14-23)16-18-25/h7-14H,3-6,15-16,19H2,1-2H3. The number of rotatable bonds is 9. The van der Waals surface area contributed by atoms with Gasteiger partial charge in [0.1, 0.15) is 8.07 Å². The minimum absolute atomic E-state index is 0.470. The van der Waals surface area contributed by atoms with Crippen molar-refractivity contribution in [3.05, 3.63) is 59.7 Å². The lowest BCUT2D eigenvalue weighted by Gasteiger charge is -2.29. The van der Waals surface area contributed by atoms with Crippen molar-refractivity contribution in [3.63, 3.8) is 0 Å². The summed E-state index contributed by atoms with van der Waals surface area (Å²) in [7, 11) is -1.81. The normalized spacial score (nSPS) is 10.9. The zero-order valence-electron chi connectivity index (χ0n) is 16.0. The van der Waals surface area contributed by atoms with Gasteiger partial charge in [-0.3, -0.25) is 0 Å². The van der Waals surface area contributed by atoms with Crippen LogP contribution in [0.3, 0.4) is 0 Å². The highest BCUT2D eigenvalue weighted by Crippen LogP contribution is 2.18. The third-order valence-corrected chi connectivity index (χ3v) is 9.85. The molecule has 2 nitrogen and oxygen atoms in total. The van der Waals surface area contributed by atoms with Crippen LogP contribution in [-0.2, 0) is 12.8 Å². The van der Waals surface area contributed by atoms with Gasteiger partial charge in [-0.2, -0.15) is 10.5 Å². The SMILES string of the molecule is CCCCCC[Si](C)(c1ccc(CC#N)cc1)c1ccc(CC#N)cc1. The molecule has 0 aliphatic heterocycles. The predicted molar refractivity (Wildman–Crippen MR) is 111 cm³/mol. The number of hydrogen-bond donors (Lipinski definition) is 0. The lowest BCUT2D eigenvalue weighted by atomic mass is 10.2. The molecule has 26 heavy (non-hydrogen) atoms. The third kappa shape index (κ3) is 5.07. The van der Waals surface area contributed by atoms with E-state index >= 15 is 0 Å². The molecule has 0 spiro atoms. The number of nitriles is 2. The van der Waals surface area contributed by atoms with Gasteiger partial charge in [0.15, 0.2) is 0 Å². The fourth-order valence-corrected chi connectivity index (χ4v) is 7.20. The van der Waals surface area contributed by atoms with E-state index in [-0.39, 0.29) is 0 Å². The van der Waals surface area contributed by atoms with E-state index in [4.69, 9.17) is 10.5 Å². The molecule has 0 heterocycles. The van der Waals surface area contributed by atoms with Gasteiger partial charge in [0.2, 0.25) is 0 Å². The minimum atomic E-state index is -1.81. The molecule has 0 unspecified atom stereocenters. The van der Waals surface area contributed by atoms with Crippen LogP contribution in [0.4, 0.5) is 0 Å². The Hall–Kier alpha value is -2.36. The zero-order chi connectivity index (χ0) is 18.8. The minimum Gasteiger partial charge on any atom is -0.198 e. The van der Waals surface area contributed by atoms with Crippen LogP contribution in [0.1, 0.15) is 43.7 Å². The van der Waals surface area contributed by atoms with Crippen LogP contribution in [0.15, 0.2) is 48.5 Å². The van der Waals surface area contributed by atoms with Crippen LogP contribution in [0.25, 0.3) is 0 Å². The third-order valence-electron chi connectivity index (χ3n) is 5.28. The number of benzene rings is 2. The van der Waals surface area contributed by atoms with Gasteiger partial charge in [-0.25, -0.2) is 0 Å². The maximum Gasteiger partial charge on any atom is 0.115 e. The van der Waals surface area contributed by atoms with E-state index in [0.29, 0.717) is 12.8 Å². The summed E-state index contributed by atoms with van der Waals surface area (Å²) in [6.07, 6.45) is 6.04. The van der Waals surface area contributed by atoms with E-state index < -0.39 is 8.07 Å². The summed E-state index contributed by atoms with van der Waals surface area (Å²) in [5, 5.41) is 20.7. The molecule has 134 valence electrons. The summed E-state index contributed by atoms with van der Waals surface area (Å²) in [5.74, 6) is 0. The van der Waals surface area contributed by atoms with E-state index in [1.54, 1.807) is 0 Å².